The number of carbonyl (C=O) groups is 1. The van der Waals surface area contributed by atoms with Crippen LogP contribution in [-0.2, 0) is 11.3 Å². The predicted octanol–water partition coefficient (Wildman–Crippen LogP) is 1.52. The van der Waals surface area contributed by atoms with Crippen LogP contribution in [0.5, 0.6) is 0 Å². The maximum atomic E-state index is 12.1. The molecule has 2 heterocycles. The van der Waals surface area contributed by atoms with Crippen molar-refractivity contribution in [3.63, 3.8) is 0 Å². The first-order valence-electron chi connectivity index (χ1n) is 8.21. The highest BCUT2D eigenvalue weighted by atomic mass is 32.1. The highest BCUT2D eigenvalue weighted by Gasteiger charge is 2.18. The second-order valence-electron chi connectivity index (χ2n) is 5.87. The standard InChI is InChI=1S/C17H23N5OS/c18-5-10-22(11-6-19)17(23)4-9-20-7-2-8-21(13-12-20)15-16-3-1-14-24-16/h1,3,14H,2,4,7-13,15H2. The number of carbonyl (C=O) groups excluding carboxylic acids is 1. The zero-order valence-corrected chi connectivity index (χ0v) is 14.7. The number of rotatable bonds is 7. The lowest BCUT2D eigenvalue weighted by Crippen LogP contribution is -2.36. The molecule has 1 aliphatic heterocycles. The highest BCUT2D eigenvalue weighted by Crippen LogP contribution is 2.14. The van der Waals surface area contributed by atoms with Gasteiger partial charge in [0.05, 0.1) is 12.1 Å². The zero-order chi connectivity index (χ0) is 17.2. The molecule has 0 N–H and O–H groups in total. The van der Waals surface area contributed by atoms with Crippen molar-refractivity contribution in [1.82, 2.24) is 14.7 Å². The summed E-state index contributed by atoms with van der Waals surface area (Å²) in [5.74, 6) is -0.113. The van der Waals surface area contributed by atoms with E-state index in [9.17, 15) is 4.79 Å². The van der Waals surface area contributed by atoms with Gasteiger partial charge in [0.2, 0.25) is 5.91 Å². The van der Waals surface area contributed by atoms with Gasteiger partial charge in [-0.3, -0.25) is 9.69 Å². The monoisotopic (exact) mass is 345 g/mol. The van der Waals surface area contributed by atoms with Crippen LogP contribution in [0.3, 0.4) is 0 Å². The molecule has 7 heteroatoms. The zero-order valence-electron chi connectivity index (χ0n) is 13.9. The van der Waals surface area contributed by atoms with Crippen LogP contribution in [0.2, 0.25) is 0 Å². The molecular formula is C17H23N5OS. The van der Waals surface area contributed by atoms with Gasteiger partial charge < -0.3 is 9.80 Å². The largest absolute Gasteiger partial charge is 0.316 e. The topological polar surface area (TPSA) is 74.4 Å². The molecular weight excluding hydrogens is 322 g/mol. The van der Waals surface area contributed by atoms with Crippen LogP contribution in [0.4, 0.5) is 0 Å². The Labute approximate surface area is 147 Å². The Balaban J connectivity index is 1.74. The number of hydrogen-bond donors (Lipinski definition) is 0. The summed E-state index contributed by atoms with van der Waals surface area (Å²) in [6.07, 6.45) is 1.47. The minimum absolute atomic E-state index is 0.0129. The third kappa shape index (κ3) is 5.93. The van der Waals surface area contributed by atoms with Gasteiger partial charge in [0.15, 0.2) is 0 Å². The molecule has 0 aromatic carbocycles. The summed E-state index contributed by atoms with van der Waals surface area (Å²) in [4.78, 5) is 19.6. The quantitative estimate of drug-likeness (QED) is 0.701. The number of hydrogen-bond acceptors (Lipinski definition) is 6. The predicted molar refractivity (Wildman–Crippen MR) is 93.1 cm³/mol. The summed E-state index contributed by atoms with van der Waals surface area (Å²) in [5, 5.41) is 19.6. The van der Waals surface area contributed by atoms with Crippen molar-refractivity contribution in [2.24, 2.45) is 0 Å². The first kappa shape index (κ1) is 18.4. The molecule has 0 bridgehead atoms. The van der Waals surface area contributed by atoms with E-state index in [1.807, 2.05) is 12.1 Å². The van der Waals surface area contributed by atoms with Gasteiger partial charge >= 0.3 is 0 Å². The van der Waals surface area contributed by atoms with Crippen molar-refractivity contribution in [3.8, 4) is 12.1 Å². The molecule has 1 amide bonds. The van der Waals surface area contributed by atoms with E-state index in [0.29, 0.717) is 13.0 Å². The van der Waals surface area contributed by atoms with E-state index < -0.39 is 0 Å². The molecule has 0 unspecified atom stereocenters. The first-order valence-corrected chi connectivity index (χ1v) is 9.09. The molecule has 0 radical (unpaired) electrons. The summed E-state index contributed by atoms with van der Waals surface area (Å²) >= 11 is 1.79. The molecule has 1 aromatic rings. The molecule has 6 nitrogen and oxygen atoms in total. The summed E-state index contributed by atoms with van der Waals surface area (Å²) in [6, 6.07) is 8.14. The molecule has 0 saturated carbocycles. The second-order valence-corrected chi connectivity index (χ2v) is 6.90. The summed E-state index contributed by atoms with van der Waals surface area (Å²) in [6.45, 7) is 5.70. The fraction of sp³-hybridized carbons (Fsp3) is 0.588. The molecule has 0 aliphatic carbocycles. The number of amides is 1. The number of nitrogens with zero attached hydrogens (tertiary/aromatic N) is 5. The second kappa shape index (κ2) is 10.0. The van der Waals surface area contributed by atoms with Crippen LogP contribution in [0.15, 0.2) is 17.5 Å². The Morgan fingerprint density at radius 2 is 1.88 bits per heavy atom. The highest BCUT2D eigenvalue weighted by molar-refractivity contribution is 7.09. The van der Waals surface area contributed by atoms with E-state index in [1.54, 1.807) is 11.3 Å². The molecule has 0 spiro atoms. The molecule has 128 valence electrons. The third-order valence-electron chi connectivity index (χ3n) is 4.16. The maximum Gasteiger partial charge on any atom is 0.225 e. The smallest absolute Gasteiger partial charge is 0.225 e. The first-order chi connectivity index (χ1) is 11.7. The van der Waals surface area contributed by atoms with Gasteiger partial charge in [0.25, 0.3) is 0 Å². The van der Waals surface area contributed by atoms with Gasteiger partial charge in [-0.2, -0.15) is 10.5 Å². The minimum Gasteiger partial charge on any atom is -0.316 e. The molecule has 1 fully saturated rings. The van der Waals surface area contributed by atoms with E-state index in [4.69, 9.17) is 10.5 Å². The van der Waals surface area contributed by atoms with Crippen LogP contribution < -0.4 is 0 Å². The fourth-order valence-corrected chi connectivity index (χ4v) is 3.59. The lowest BCUT2D eigenvalue weighted by molar-refractivity contribution is -0.130. The molecule has 0 atom stereocenters. The lowest BCUT2D eigenvalue weighted by atomic mass is 10.3. The van der Waals surface area contributed by atoms with Gasteiger partial charge in [-0.1, -0.05) is 6.07 Å². The van der Waals surface area contributed by atoms with Crippen LogP contribution in [0, 0.1) is 22.7 Å². The van der Waals surface area contributed by atoms with Gasteiger partial charge in [-0.25, -0.2) is 0 Å². The van der Waals surface area contributed by atoms with Gasteiger partial charge in [-0.15, -0.1) is 11.3 Å². The van der Waals surface area contributed by atoms with Gasteiger partial charge in [-0.05, 0) is 31.0 Å². The fourth-order valence-electron chi connectivity index (χ4n) is 2.84. The average molecular weight is 345 g/mol. The van der Waals surface area contributed by atoms with E-state index in [1.165, 1.54) is 9.78 Å². The van der Waals surface area contributed by atoms with Crippen LogP contribution >= 0.6 is 11.3 Å². The Kier molecular flexibility index (Phi) is 7.70. The maximum absolute atomic E-state index is 12.1. The molecule has 2 rings (SSSR count). The molecule has 1 aliphatic rings. The lowest BCUT2D eigenvalue weighted by Gasteiger charge is -2.22. The van der Waals surface area contributed by atoms with Crippen molar-refractivity contribution in [2.45, 2.75) is 19.4 Å². The van der Waals surface area contributed by atoms with E-state index in [-0.39, 0.29) is 19.0 Å². The normalized spacial score (nSPS) is 16.1. The van der Waals surface area contributed by atoms with Gasteiger partial charge in [0, 0.05) is 37.5 Å². The summed E-state index contributed by atoms with van der Waals surface area (Å²) in [5.41, 5.74) is 0. The van der Waals surface area contributed by atoms with Crippen molar-refractivity contribution in [2.75, 3.05) is 45.8 Å². The van der Waals surface area contributed by atoms with Crippen LogP contribution in [0.1, 0.15) is 17.7 Å². The van der Waals surface area contributed by atoms with Crippen molar-refractivity contribution < 1.29 is 4.79 Å². The average Bonchev–Trinajstić information content (AvgIpc) is 2.98. The van der Waals surface area contributed by atoms with Crippen LogP contribution in [0.25, 0.3) is 0 Å². The Morgan fingerprint density at radius 1 is 1.17 bits per heavy atom. The summed E-state index contributed by atoms with van der Waals surface area (Å²) in [7, 11) is 0. The minimum atomic E-state index is -0.113. The molecule has 1 saturated heterocycles. The SMILES string of the molecule is N#CCN(CC#N)C(=O)CCN1CCCN(Cc2cccs2)CC1. The van der Waals surface area contributed by atoms with Crippen LogP contribution in [-0.4, -0.2) is 66.4 Å². The summed E-state index contributed by atoms with van der Waals surface area (Å²) < 4.78 is 0. The molecule has 24 heavy (non-hydrogen) atoms. The van der Waals surface area contributed by atoms with E-state index in [2.05, 4.69) is 27.3 Å². The van der Waals surface area contributed by atoms with Crippen molar-refractivity contribution >= 4 is 17.2 Å². The van der Waals surface area contributed by atoms with E-state index >= 15 is 0 Å². The Morgan fingerprint density at radius 3 is 2.54 bits per heavy atom. The van der Waals surface area contributed by atoms with Crippen molar-refractivity contribution in [1.29, 1.82) is 10.5 Å². The van der Waals surface area contributed by atoms with E-state index in [0.717, 1.165) is 39.1 Å². The number of nitriles is 2. The Bertz CT molecular complexity index is 573. The third-order valence-corrected chi connectivity index (χ3v) is 5.02. The van der Waals surface area contributed by atoms with Crippen molar-refractivity contribution in [3.05, 3.63) is 22.4 Å². The Hall–Kier alpha value is -1.93. The van der Waals surface area contributed by atoms with Gasteiger partial charge in [0.1, 0.15) is 13.1 Å². The number of thiophene rings is 1. The molecule has 1 aromatic heterocycles.